The fourth-order valence-corrected chi connectivity index (χ4v) is 1.23. The highest BCUT2D eigenvalue weighted by Gasteiger charge is 2.37. The first kappa shape index (κ1) is 9.92. The molecule has 0 aromatic carbocycles. The fraction of sp³-hybridized carbons (Fsp3) is 0.556. The van der Waals surface area contributed by atoms with Crippen LogP contribution in [-0.4, -0.2) is 27.9 Å². The first-order valence-corrected chi connectivity index (χ1v) is 4.13. The van der Waals surface area contributed by atoms with Crippen molar-refractivity contribution in [3.63, 3.8) is 0 Å². The third-order valence-corrected chi connectivity index (χ3v) is 2.01. The summed E-state index contributed by atoms with van der Waals surface area (Å²) in [6.07, 6.45) is -1.46. The number of ketones is 2. The van der Waals surface area contributed by atoms with Crippen LogP contribution in [0.1, 0.15) is 20.3 Å². The lowest BCUT2D eigenvalue weighted by Gasteiger charge is -2.05. The Morgan fingerprint density at radius 3 is 2.31 bits per heavy atom. The average Bonchev–Trinajstić information content (AvgIpc) is 2.26. The van der Waals surface area contributed by atoms with E-state index in [-0.39, 0.29) is 23.7 Å². The number of Topliss-reactive ketones (excluding diaryl/α,β-unsaturated/α-hetero) is 2. The monoisotopic (exact) mass is 184 g/mol. The molecule has 0 aromatic rings. The van der Waals surface area contributed by atoms with E-state index in [0.29, 0.717) is 0 Å². The molecular formula is C9H12O4. The van der Waals surface area contributed by atoms with Gasteiger partial charge in [0.25, 0.3) is 0 Å². The van der Waals surface area contributed by atoms with E-state index in [4.69, 9.17) is 5.11 Å². The second kappa shape index (κ2) is 3.30. The summed E-state index contributed by atoms with van der Waals surface area (Å²) >= 11 is 0. The number of aliphatic hydroxyl groups is 2. The predicted octanol–water partition coefficient (Wildman–Crippen LogP) is 0.357. The molecule has 0 unspecified atom stereocenters. The summed E-state index contributed by atoms with van der Waals surface area (Å²) in [7, 11) is 0. The third kappa shape index (κ3) is 1.62. The van der Waals surface area contributed by atoms with Crippen molar-refractivity contribution in [2.75, 3.05) is 0 Å². The van der Waals surface area contributed by atoms with E-state index < -0.39 is 17.7 Å². The summed E-state index contributed by atoms with van der Waals surface area (Å²) in [5.41, 5.74) is -0.220. The van der Waals surface area contributed by atoms with Gasteiger partial charge in [-0.05, 0) is 0 Å². The van der Waals surface area contributed by atoms with E-state index in [1.807, 2.05) is 0 Å². The van der Waals surface area contributed by atoms with Crippen molar-refractivity contribution in [1.82, 2.24) is 0 Å². The summed E-state index contributed by atoms with van der Waals surface area (Å²) in [5, 5.41) is 18.5. The van der Waals surface area contributed by atoms with Crippen LogP contribution in [0.25, 0.3) is 0 Å². The quantitative estimate of drug-likeness (QED) is 0.350. The highest BCUT2D eigenvalue weighted by molar-refractivity contribution is 6.27. The number of hydrogen-bond donors (Lipinski definition) is 2. The molecule has 1 aliphatic carbocycles. The van der Waals surface area contributed by atoms with Crippen LogP contribution in [0.4, 0.5) is 0 Å². The van der Waals surface area contributed by atoms with Gasteiger partial charge in [-0.25, -0.2) is 0 Å². The molecule has 4 heteroatoms. The molecule has 0 heterocycles. The first-order valence-electron chi connectivity index (χ1n) is 4.13. The Bertz CT molecular complexity index is 288. The molecule has 1 saturated carbocycles. The molecule has 0 amide bonds. The molecule has 0 saturated heterocycles. The third-order valence-electron chi connectivity index (χ3n) is 2.01. The van der Waals surface area contributed by atoms with Crippen LogP contribution in [0.3, 0.4) is 0 Å². The summed E-state index contributed by atoms with van der Waals surface area (Å²) in [5.74, 6) is -1.61. The van der Waals surface area contributed by atoms with Gasteiger partial charge in [0.05, 0.1) is 0 Å². The highest BCUT2D eigenvalue weighted by Crippen LogP contribution is 2.23. The first-order chi connectivity index (χ1) is 5.95. The minimum Gasteiger partial charge on any atom is -0.511 e. The van der Waals surface area contributed by atoms with Gasteiger partial charge in [-0.2, -0.15) is 0 Å². The zero-order valence-corrected chi connectivity index (χ0v) is 7.57. The largest absolute Gasteiger partial charge is 0.511 e. The van der Waals surface area contributed by atoms with Crippen molar-refractivity contribution < 1.29 is 19.8 Å². The van der Waals surface area contributed by atoms with Crippen molar-refractivity contribution >= 4 is 11.6 Å². The molecule has 0 bridgehead atoms. The Morgan fingerprint density at radius 1 is 1.46 bits per heavy atom. The van der Waals surface area contributed by atoms with E-state index in [1.54, 1.807) is 13.8 Å². The molecule has 1 atom stereocenters. The molecule has 0 spiro atoms. The number of carbonyl (C=O) groups excluding carboxylic acids is 2. The molecule has 0 aromatic heterocycles. The fourth-order valence-electron chi connectivity index (χ4n) is 1.23. The topological polar surface area (TPSA) is 74.6 Å². The zero-order valence-electron chi connectivity index (χ0n) is 7.57. The van der Waals surface area contributed by atoms with E-state index in [0.717, 1.165) is 0 Å². The van der Waals surface area contributed by atoms with Crippen LogP contribution in [0.15, 0.2) is 11.3 Å². The van der Waals surface area contributed by atoms with Gasteiger partial charge >= 0.3 is 0 Å². The van der Waals surface area contributed by atoms with Crippen molar-refractivity contribution in [2.24, 2.45) is 5.92 Å². The standard InChI is InChI=1S/C9H12O4/c1-4(2)8(12)7-5(10)3-6(11)9(7)13/h4,6,11-12H,3H2,1-2H3/b8-7+/t6-/m0/s1. The highest BCUT2D eigenvalue weighted by atomic mass is 16.3. The molecule has 1 rings (SSSR count). The molecule has 2 N–H and O–H groups in total. The smallest absolute Gasteiger partial charge is 0.198 e. The maximum atomic E-state index is 11.2. The average molecular weight is 184 g/mol. The maximum Gasteiger partial charge on any atom is 0.198 e. The maximum absolute atomic E-state index is 11.2. The lowest BCUT2D eigenvalue weighted by Crippen LogP contribution is -2.15. The number of hydrogen-bond acceptors (Lipinski definition) is 4. The molecule has 0 aliphatic heterocycles. The Balaban J connectivity index is 3.11. The molecule has 13 heavy (non-hydrogen) atoms. The molecular weight excluding hydrogens is 172 g/mol. The van der Waals surface area contributed by atoms with Crippen LogP contribution < -0.4 is 0 Å². The van der Waals surface area contributed by atoms with Crippen LogP contribution in [0, 0.1) is 5.92 Å². The van der Waals surface area contributed by atoms with Gasteiger partial charge in [-0.15, -0.1) is 0 Å². The number of aliphatic hydroxyl groups excluding tert-OH is 2. The predicted molar refractivity (Wildman–Crippen MR) is 45.1 cm³/mol. The summed E-state index contributed by atoms with van der Waals surface area (Å²) in [6.45, 7) is 3.35. The second-order valence-electron chi connectivity index (χ2n) is 3.42. The second-order valence-corrected chi connectivity index (χ2v) is 3.42. The molecule has 1 aliphatic rings. The Morgan fingerprint density at radius 2 is 2.00 bits per heavy atom. The van der Waals surface area contributed by atoms with Gasteiger partial charge in [0, 0.05) is 12.3 Å². The molecule has 1 fully saturated rings. The molecule has 72 valence electrons. The Hall–Kier alpha value is -1.16. The van der Waals surface area contributed by atoms with Gasteiger partial charge < -0.3 is 10.2 Å². The van der Waals surface area contributed by atoms with E-state index in [1.165, 1.54) is 0 Å². The minimum absolute atomic E-state index is 0.203. The van der Waals surface area contributed by atoms with Gasteiger partial charge in [0.2, 0.25) is 0 Å². The van der Waals surface area contributed by atoms with Crippen LogP contribution in [-0.2, 0) is 9.59 Å². The van der Waals surface area contributed by atoms with E-state index >= 15 is 0 Å². The van der Waals surface area contributed by atoms with Crippen molar-refractivity contribution in [3.8, 4) is 0 Å². The lowest BCUT2D eigenvalue weighted by molar-refractivity contribution is -0.121. The van der Waals surface area contributed by atoms with Gasteiger partial charge in [-0.3, -0.25) is 9.59 Å². The molecule has 0 radical (unpaired) electrons. The number of rotatable bonds is 1. The van der Waals surface area contributed by atoms with Crippen molar-refractivity contribution in [1.29, 1.82) is 0 Å². The summed E-state index contributed by atoms with van der Waals surface area (Å²) < 4.78 is 0. The van der Waals surface area contributed by atoms with Crippen molar-refractivity contribution in [3.05, 3.63) is 11.3 Å². The van der Waals surface area contributed by atoms with Crippen LogP contribution >= 0.6 is 0 Å². The van der Waals surface area contributed by atoms with Gasteiger partial charge in [-0.1, -0.05) is 13.8 Å². The normalized spacial score (nSPS) is 27.2. The lowest BCUT2D eigenvalue weighted by atomic mass is 10.0. The van der Waals surface area contributed by atoms with Gasteiger partial charge in [0.1, 0.15) is 17.4 Å². The van der Waals surface area contributed by atoms with Crippen LogP contribution in [0.5, 0.6) is 0 Å². The van der Waals surface area contributed by atoms with Crippen molar-refractivity contribution in [2.45, 2.75) is 26.4 Å². The minimum atomic E-state index is -1.26. The Kier molecular flexibility index (Phi) is 2.52. The number of allylic oxidation sites excluding steroid dienone is 1. The summed E-state index contributed by atoms with van der Waals surface area (Å²) in [4.78, 5) is 22.3. The number of carbonyl (C=O) groups is 2. The summed E-state index contributed by atoms with van der Waals surface area (Å²) in [6, 6.07) is 0. The molecule has 4 nitrogen and oxygen atoms in total. The van der Waals surface area contributed by atoms with E-state index in [9.17, 15) is 14.7 Å². The Labute approximate surface area is 75.9 Å². The SMILES string of the molecule is CC(C)/C(O)=C1/C(=O)C[C@H](O)C1=O. The van der Waals surface area contributed by atoms with E-state index in [2.05, 4.69) is 0 Å². The van der Waals surface area contributed by atoms with Gasteiger partial charge in [0.15, 0.2) is 11.6 Å². The van der Waals surface area contributed by atoms with Crippen LogP contribution in [0.2, 0.25) is 0 Å². The zero-order chi connectivity index (χ0) is 10.2.